The molecule has 1 aliphatic heterocycles. The van der Waals surface area contributed by atoms with E-state index in [1.165, 1.54) is 11.3 Å². The first-order valence-electron chi connectivity index (χ1n) is 7.78. The van der Waals surface area contributed by atoms with Crippen LogP contribution in [0.4, 0.5) is 0 Å². The van der Waals surface area contributed by atoms with Gasteiger partial charge in [0.2, 0.25) is 5.91 Å². The summed E-state index contributed by atoms with van der Waals surface area (Å²) in [5.41, 5.74) is 10.2. The summed E-state index contributed by atoms with van der Waals surface area (Å²) in [5, 5.41) is 4.70. The van der Waals surface area contributed by atoms with E-state index in [0.29, 0.717) is 13.0 Å². The fourth-order valence-corrected chi connectivity index (χ4v) is 3.14. The topological polar surface area (TPSA) is 64.2 Å². The van der Waals surface area contributed by atoms with Crippen LogP contribution in [0.5, 0.6) is 0 Å². The summed E-state index contributed by atoms with van der Waals surface area (Å²) < 4.78 is 1.97. The van der Waals surface area contributed by atoms with Crippen molar-refractivity contribution in [2.75, 3.05) is 19.6 Å². The van der Waals surface area contributed by atoms with Crippen LogP contribution in [0.1, 0.15) is 17.7 Å². The number of hydrogen-bond acceptors (Lipinski definition) is 3. The van der Waals surface area contributed by atoms with Crippen molar-refractivity contribution in [2.45, 2.75) is 19.3 Å². The van der Waals surface area contributed by atoms with Gasteiger partial charge in [0.05, 0.1) is 5.69 Å². The molecule has 0 unspecified atom stereocenters. The summed E-state index contributed by atoms with van der Waals surface area (Å²) in [5.74, 6) is 0.157. The molecular weight excluding hydrogens is 276 g/mol. The largest absolute Gasteiger partial charge is 0.342 e. The Morgan fingerprint density at radius 1 is 1.23 bits per heavy atom. The van der Waals surface area contributed by atoms with Crippen LogP contribution in [0.15, 0.2) is 30.3 Å². The van der Waals surface area contributed by atoms with Crippen molar-refractivity contribution in [3.63, 3.8) is 0 Å². The average molecular weight is 298 g/mol. The number of benzene rings is 1. The predicted molar refractivity (Wildman–Crippen MR) is 86.3 cm³/mol. The number of carbonyl (C=O) groups is 1. The van der Waals surface area contributed by atoms with Gasteiger partial charge in [0, 0.05) is 56.3 Å². The van der Waals surface area contributed by atoms with E-state index in [-0.39, 0.29) is 5.91 Å². The van der Waals surface area contributed by atoms with Crippen molar-refractivity contribution in [3.05, 3.63) is 41.6 Å². The Kier molecular flexibility index (Phi) is 4.24. The number of hydrogen-bond donors (Lipinski definition) is 1. The zero-order chi connectivity index (χ0) is 15.5. The van der Waals surface area contributed by atoms with Crippen molar-refractivity contribution in [3.8, 4) is 11.3 Å². The molecule has 2 N–H and O–H groups in total. The minimum absolute atomic E-state index is 0.157. The van der Waals surface area contributed by atoms with Gasteiger partial charge < -0.3 is 10.6 Å². The highest BCUT2D eigenvalue weighted by atomic mass is 16.2. The smallest absolute Gasteiger partial charge is 0.223 e. The number of nitrogens with zero attached hydrogens (tertiary/aromatic N) is 3. The Labute approximate surface area is 130 Å². The van der Waals surface area contributed by atoms with Crippen molar-refractivity contribution >= 4 is 5.91 Å². The molecule has 2 heterocycles. The summed E-state index contributed by atoms with van der Waals surface area (Å²) in [6.07, 6.45) is 2.13. The van der Waals surface area contributed by atoms with Gasteiger partial charge in [-0.2, -0.15) is 5.10 Å². The van der Waals surface area contributed by atoms with E-state index in [4.69, 9.17) is 10.8 Å². The second-order valence-electron chi connectivity index (χ2n) is 5.68. The Morgan fingerprint density at radius 2 is 1.95 bits per heavy atom. The van der Waals surface area contributed by atoms with Crippen LogP contribution in [-0.2, 0) is 24.7 Å². The van der Waals surface area contributed by atoms with Gasteiger partial charge >= 0.3 is 0 Å². The Bertz CT molecular complexity index is 663. The molecule has 1 amide bonds. The van der Waals surface area contributed by atoms with Gasteiger partial charge in [0.15, 0.2) is 0 Å². The van der Waals surface area contributed by atoms with E-state index in [2.05, 4.69) is 12.1 Å². The molecule has 0 fully saturated rings. The van der Waals surface area contributed by atoms with Gasteiger partial charge in [-0.1, -0.05) is 30.3 Å². The summed E-state index contributed by atoms with van der Waals surface area (Å²) >= 11 is 0. The molecule has 5 nitrogen and oxygen atoms in total. The van der Waals surface area contributed by atoms with E-state index >= 15 is 0 Å². The van der Waals surface area contributed by atoms with Gasteiger partial charge in [-0.3, -0.25) is 9.48 Å². The maximum Gasteiger partial charge on any atom is 0.223 e. The van der Waals surface area contributed by atoms with Gasteiger partial charge in [-0.05, 0) is 6.42 Å². The van der Waals surface area contributed by atoms with E-state index in [1.54, 1.807) is 0 Å². The maximum atomic E-state index is 12.1. The monoisotopic (exact) mass is 298 g/mol. The minimum atomic E-state index is 0.157. The highest BCUT2D eigenvalue weighted by Crippen LogP contribution is 2.27. The SMILES string of the molecule is Cn1nc(-c2ccccc2)c2c1CCN(C(=O)CCN)CC2. The quantitative estimate of drug-likeness (QED) is 0.930. The van der Waals surface area contributed by atoms with Gasteiger partial charge in [0.1, 0.15) is 0 Å². The van der Waals surface area contributed by atoms with Crippen LogP contribution in [0.3, 0.4) is 0 Å². The highest BCUT2D eigenvalue weighted by Gasteiger charge is 2.23. The van der Waals surface area contributed by atoms with Gasteiger partial charge in [-0.25, -0.2) is 0 Å². The van der Waals surface area contributed by atoms with Gasteiger partial charge in [0.25, 0.3) is 0 Å². The molecule has 1 aromatic heterocycles. The lowest BCUT2D eigenvalue weighted by Crippen LogP contribution is -2.34. The van der Waals surface area contributed by atoms with E-state index < -0.39 is 0 Å². The van der Waals surface area contributed by atoms with Crippen molar-refractivity contribution in [1.29, 1.82) is 0 Å². The van der Waals surface area contributed by atoms with Crippen molar-refractivity contribution in [2.24, 2.45) is 12.8 Å². The normalized spacial score (nSPS) is 14.5. The number of nitrogens with two attached hydrogens (primary N) is 1. The van der Waals surface area contributed by atoms with Crippen LogP contribution >= 0.6 is 0 Å². The zero-order valence-corrected chi connectivity index (χ0v) is 13.0. The molecule has 22 heavy (non-hydrogen) atoms. The Balaban J connectivity index is 1.88. The number of carbonyl (C=O) groups excluding carboxylic acids is 1. The van der Waals surface area contributed by atoms with Gasteiger partial charge in [-0.15, -0.1) is 0 Å². The van der Waals surface area contributed by atoms with E-state index in [9.17, 15) is 4.79 Å². The van der Waals surface area contributed by atoms with E-state index in [1.807, 2.05) is 34.8 Å². The molecule has 5 heteroatoms. The molecule has 0 saturated heterocycles. The molecule has 1 aliphatic rings. The van der Waals surface area contributed by atoms with Crippen LogP contribution < -0.4 is 5.73 Å². The minimum Gasteiger partial charge on any atom is -0.342 e. The van der Waals surface area contributed by atoms with E-state index in [0.717, 1.165) is 37.2 Å². The number of rotatable bonds is 3. The highest BCUT2D eigenvalue weighted by molar-refractivity contribution is 5.76. The first kappa shape index (κ1) is 14.8. The van der Waals surface area contributed by atoms with Crippen LogP contribution in [0, 0.1) is 0 Å². The average Bonchev–Trinajstić information content (AvgIpc) is 2.72. The molecule has 0 atom stereocenters. The maximum absolute atomic E-state index is 12.1. The molecule has 116 valence electrons. The Morgan fingerprint density at radius 3 is 2.68 bits per heavy atom. The molecule has 0 aliphatic carbocycles. The lowest BCUT2D eigenvalue weighted by molar-refractivity contribution is -0.130. The lowest BCUT2D eigenvalue weighted by atomic mass is 10.0. The first-order valence-corrected chi connectivity index (χ1v) is 7.78. The summed E-state index contributed by atoms with van der Waals surface area (Å²) in [4.78, 5) is 14.0. The number of aromatic nitrogens is 2. The third-order valence-corrected chi connectivity index (χ3v) is 4.28. The third kappa shape index (κ3) is 2.76. The number of amides is 1. The molecule has 0 spiro atoms. The van der Waals surface area contributed by atoms with Crippen molar-refractivity contribution < 1.29 is 4.79 Å². The predicted octanol–water partition coefficient (Wildman–Crippen LogP) is 1.36. The van der Waals surface area contributed by atoms with Crippen LogP contribution in [-0.4, -0.2) is 40.2 Å². The molecule has 3 rings (SSSR count). The molecule has 1 aromatic carbocycles. The standard InChI is InChI=1S/C17H22N4O/c1-20-15-9-12-21(16(22)7-10-18)11-8-14(15)17(19-20)13-5-3-2-4-6-13/h2-6H,7-12,18H2,1H3. The molecule has 0 radical (unpaired) electrons. The lowest BCUT2D eigenvalue weighted by Gasteiger charge is -2.20. The molecular formula is C17H22N4O. The molecule has 0 saturated carbocycles. The second kappa shape index (κ2) is 6.32. The number of aryl methyl sites for hydroxylation is 1. The van der Waals surface area contributed by atoms with Crippen LogP contribution in [0.2, 0.25) is 0 Å². The van der Waals surface area contributed by atoms with Crippen LogP contribution in [0.25, 0.3) is 11.3 Å². The third-order valence-electron chi connectivity index (χ3n) is 4.28. The first-order chi connectivity index (χ1) is 10.7. The van der Waals surface area contributed by atoms with Crippen molar-refractivity contribution in [1.82, 2.24) is 14.7 Å². The summed E-state index contributed by atoms with van der Waals surface area (Å²) in [7, 11) is 1.99. The fraction of sp³-hybridized carbons (Fsp3) is 0.412. The Hall–Kier alpha value is -2.14. The molecule has 0 bridgehead atoms. The zero-order valence-electron chi connectivity index (χ0n) is 13.0. The summed E-state index contributed by atoms with van der Waals surface area (Å²) in [6.45, 7) is 1.91. The second-order valence-corrected chi connectivity index (χ2v) is 5.68. The summed E-state index contributed by atoms with van der Waals surface area (Å²) in [6, 6.07) is 10.3. The number of fused-ring (bicyclic) bond motifs is 1. The fourth-order valence-electron chi connectivity index (χ4n) is 3.14. The molecule has 2 aromatic rings.